The maximum absolute atomic E-state index is 12.0. The third-order valence-electron chi connectivity index (χ3n) is 3.91. The number of rotatable bonds is 6. The molecule has 0 spiro atoms. The molecule has 112 valence electrons. The van der Waals surface area contributed by atoms with E-state index in [1.165, 1.54) is 32.1 Å². The van der Waals surface area contributed by atoms with E-state index >= 15 is 0 Å². The first-order chi connectivity index (χ1) is 9.55. The Hall–Kier alpha value is -1.07. The standard InChI is InChI=1S/C15H24N2O2S/c16-15-8-4-7-14(11-15)12-20(18,19)17-10-9-13-5-2-1-3-6-13/h4,7-8,11,13,17H,1-3,5-6,9-10,12,16H2. The van der Waals surface area contributed by atoms with Crippen molar-refractivity contribution in [2.75, 3.05) is 12.3 Å². The van der Waals surface area contributed by atoms with Crippen LogP contribution in [0.2, 0.25) is 0 Å². The number of nitrogens with two attached hydrogens (primary N) is 1. The van der Waals surface area contributed by atoms with Gasteiger partial charge in [-0.15, -0.1) is 0 Å². The van der Waals surface area contributed by atoms with Crippen molar-refractivity contribution < 1.29 is 8.42 Å². The molecular formula is C15H24N2O2S. The fraction of sp³-hybridized carbons (Fsp3) is 0.600. The first-order valence-corrected chi connectivity index (χ1v) is 9.02. The minimum atomic E-state index is -3.26. The van der Waals surface area contributed by atoms with Crippen LogP contribution < -0.4 is 10.5 Å². The van der Waals surface area contributed by atoms with Gasteiger partial charge >= 0.3 is 0 Å². The Morgan fingerprint density at radius 1 is 1.20 bits per heavy atom. The number of benzene rings is 1. The topological polar surface area (TPSA) is 72.2 Å². The Labute approximate surface area is 121 Å². The first-order valence-electron chi connectivity index (χ1n) is 7.37. The maximum atomic E-state index is 12.0. The zero-order valence-corrected chi connectivity index (χ0v) is 12.7. The average molecular weight is 296 g/mol. The first kappa shape index (κ1) is 15.3. The van der Waals surface area contributed by atoms with E-state index in [2.05, 4.69) is 4.72 Å². The summed E-state index contributed by atoms with van der Waals surface area (Å²) < 4.78 is 26.7. The van der Waals surface area contributed by atoms with E-state index in [1.54, 1.807) is 24.3 Å². The molecule has 0 aliphatic heterocycles. The largest absolute Gasteiger partial charge is 0.399 e. The Balaban J connectivity index is 1.78. The van der Waals surface area contributed by atoms with Crippen LogP contribution in [0.4, 0.5) is 5.69 Å². The number of hydrogen-bond donors (Lipinski definition) is 2. The molecule has 3 N–H and O–H groups in total. The zero-order chi connectivity index (χ0) is 14.4. The van der Waals surface area contributed by atoms with Crippen molar-refractivity contribution in [1.82, 2.24) is 4.72 Å². The molecule has 1 aromatic rings. The molecular weight excluding hydrogens is 272 g/mol. The summed E-state index contributed by atoms with van der Waals surface area (Å²) in [5.41, 5.74) is 6.99. The summed E-state index contributed by atoms with van der Waals surface area (Å²) in [6.07, 6.45) is 7.36. The summed E-state index contributed by atoms with van der Waals surface area (Å²) in [5, 5.41) is 0. The highest BCUT2D eigenvalue weighted by Gasteiger charge is 2.15. The third kappa shape index (κ3) is 5.13. The van der Waals surface area contributed by atoms with E-state index in [0.717, 1.165) is 12.0 Å². The van der Waals surface area contributed by atoms with Crippen LogP contribution >= 0.6 is 0 Å². The van der Waals surface area contributed by atoms with Crippen LogP contribution in [0.1, 0.15) is 44.1 Å². The number of hydrogen-bond acceptors (Lipinski definition) is 3. The molecule has 2 rings (SSSR count). The van der Waals surface area contributed by atoms with Gasteiger partial charge in [0.15, 0.2) is 0 Å². The number of sulfonamides is 1. The van der Waals surface area contributed by atoms with Crippen molar-refractivity contribution in [2.24, 2.45) is 5.92 Å². The Kier molecular flexibility index (Phi) is 5.43. The van der Waals surface area contributed by atoms with Crippen LogP contribution in [-0.2, 0) is 15.8 Å². The lowest BCUT2D eigenvalue weighted by Gasteiger charge is -2.21. The summed E-state index contributed by atoms with van der Waals surface area (Å²) in [6, 6.07) is 7.03. The fourth-order valence-electron chi connectivity index (χ4n) is 2.85. The molecule has 0 atom stereocenters. The van der Waals surface area contributed by atoms with Crippen LogP contribution in [0.25, 0.3) is 0 Å². The summed E-state index contributed by atoms with van der Waals surface area (Å²) in [5.74, 6) is 0.696. The zero-order valence-electron chi connectivity index (χ0n) is 11.8. The molecule has 0 amide bonds. The smallest absolute Gasteiger partial charge is 0.215 e. The van der Waals surface area contributed by atoms with Gasteiger partial charge in [0.25, 0.3) is 0 Å². The SMILES string of the molecule is Nc1cccc(CS(=O)(=O)NCCC2CCCCC2)c1. The molecule has 1 saturated carbocycles. The molecule has 1 fully saturated rings. The molecule has 0 radical (unpaired) electrons. The fourth-order valence-corrected chi connectivity index (χ4v) is 4.00. The molecule has 20 heavy (non-hydrogen) atoms. The highest BCUT2D eigenvalue weighted by molar-refractivity contribution is 7.88. The predicted molar refractivity (Wildman–Crippen MR) is 82.7 cm³/mol. The Morgan fingerprint density at radius 2 is 1.95 bits per heavy atom. The molecule has 4 nitrogen and oxygen atoms in total. The second-order valence-electron chi connectivity index (χ2n) is 5.69. The summed E-state index contributed by atoms with van der Waals surface area (Å²) in [6.45, 7) is 0.551. The second kappa shape index (κ2) is 7.09. The van der Waals surface area contributed by atoms with Gasteiger partial charge < -0.3 is 5.73 Å². The second-order valence-corrected chi connectivity index (χ2v) is 7.50. The predicted octanol–water partition coefficient (Wildman–Crippen LogP) is 2.66. The van der Waals surface area contributed by atoms with Gasteiger partial charge in [0, 0.05) is 12.2 Å². The molecule has 0 unspecified atom stereocenters. The minimum absolute atomic E-state index is 0.00269. The van der Waals surface area contributed by atoms with E-state index in [9.17, 15) is 8.42 Å². The molecule has 1 aliphatic carbocycles. The van der Waals surface area contributed by atoms with Gasteiger partial charge in [0.2, 0.25) is 10.0 Å². The molecule has 0 bridgehead atoms. The van der Waals surface area contributed by atoms with Crippen LogP contribution in [0, 0.1) is 5.92 Å². The lowest BCUT2D eigenvalue weighted by molar-refractivity contribution is 0.339. The van der Waals surface area contributed by atoms with Crippen molar-refractivity contribution in [3.63, 3.8) is 0 Å². The molecule has 0 saturated heterocycles. The van der Waals surface area contributed by atoms with E-state index in [0.29, 0.717) is 18.2 Å². The molecule has 0 aromatic heterocycles. The summed E-state index contributed by atoms with van der Waals surface area (Å²) in [7, 11) is -3.26. The van der Waals surface area contributed by atoms with Gasteiger partial charge in [0.05, 0.1) is 5.75 Å². The minimum Gasteiger partial charge on any atom is -0.399 e. The van der Waals surface area contributed by atoms with Gasteiger partial charge in [0.1, 0.15) is 0 Å². The van der Waals surface area contributed by atoms with Crippen LogP contribution in [0.5, 0.6) is 0 Å². The highest BCUT2D eigenvalue weighted by atomic mass is 32.2. The van der Waals surface area contributed by atoms with E-state index < -0.39 is 10.0 Å². The van der Waals surface area contributed by atoms with Crippen molar-refractivity contribution in [2.45, 2.75) is 44.3 Å². The highest BCUT2D eigenvalue weighted by Crippen LogP contribution is 2.25. The van der Waals surface area contributed by atoms with Gasteiger partial charge in [-0.05, 0) is 30.0 Å². The normalized spacial score (nSPS) is 17.2. The molecule has 1 aromatic carbocycles. The lowest BCUT2D eigenvalue weighted by atomic mass is 9.87. The van der Waals surface area contributed by atoms with Gasteiger partial charge in [-0.3, -0.25) is 0 Å². The van der Waals surface area contributed by atoms with E-state index in [4.69, 9.17) is 5.73 Å². The van der Waals surface area contributed by atoms with Crippen LogP contribution in [-0.4, -0.2) is 15.0 Å². The van der Waals surface area contributed by atoms with E-state index in [1.807, 2.05) is 0 Å². The molecule has 0 heterocycles. The van der Waals surface area contributed by atoms with Crippen LogP contribution in [0.3, 0.4) is 0 Å². The summed E-state index contributed by atoms with van der Waals surface area (Å²) in [4.78, 5) is 0. The van der Waals surface area contributed by atoms with E-state index in [-0.39, 0.29) is 5.75 Å². The summed E-state index contributed by atoms with van der Waals surface area (Å²) >= 11 is 0. The monoisotopic (exact) mass is 296 g/mol. The Morgan fingerprint density at radius 3 is 2.65 bits per heavy atom. The molecule has 5 heteroatoms. The quantitative estimate of drug-likeness (QED) is 0.793. The van der Waals surface area contributed by atoms with Gasteiger partial charge in [-0.1, -0.05) is 44.2 Å². The number of anilines is 1. The van der Waals surface area contributed by atoms with Gasteiger partial charge in [-0.25, -0.2) is 13.1 Å². The maximum Gasteiger partial charge on any atom is 0.215 e. The third-order valence-corrected chi connectivity index (χ3v) is 5.26. The average Bonchev–Trinajstić information content (AvgIpc) is 2.39. The van der Waals surface area contributed by atoms with Crippen molar-refractivity contribution in [1.29, 1.82) is 0 Å². The number of nitrogens with one attached hydrogen (secondary N) is 1. The van der Waals surface area contributed by atoms with Crippen molar-refractivity contribution >= 4 is 15.7 Å². The van der Waals surface area contributed by atoms with Crippen LogP contribution in [0.15, 0.2) is 24.3 Å². The van der Waals surface area contributed by atoms with Gasteiger partial charge in [-0.2, -0.15) is 0 Å². The Bertz CT molecular complexity index is 522. The number of nitrogen functional groups attached to an aromatic ring is 1. The van der Waals surface area contributed by atoms with Crippen molar-refractivity contribution in [3.8, 4) is 0 Å². The lowest BCUT2D eigenvalue weighted by Crippen LogP contribution is -2.27. The molecule has 1 aliphatic rings. The van der Waals surface area contributed by atoms with Crippen molar-refractivity contribution in [3.05, 3.63) is 29.8 Å².